The predicted octanol–water partition coefficient (Wildman–Crippen LogP) is 3.40. The Morgan fingerprint density at radius 2 is 1.94 bits per heavy atom. The van der Waals surface area contributed by atoms with Crippen molar-refractivity contribution in [3.63, 3.8) is 0 Å². The van der Waals surface area contributed by atoms with Crippen molar-refractivity contribution >= 4 is 33.3 Å². The van der Waals surface area contributed by atoms with Gasteiger partial charge in [-0.2, -0.15) is 0 Å². The summed E-state index contributed by atoms with van der Waals surface area (Å²) in [5.74, 6) is 0.377. The van der Waals surface area contributed by atoms with Gasteiger partial charge in [0.1, 0.15) is 5.75 Å². The molecule has 0 atom stereocenters. The van der Waals surface area contributed by atoms with Crippen LogP contribution in [0.3, 0.4) is 0 Å². The lowest BCUT2D eigenvalue weighted by molar-refractivity contribution is 0.102. The van der Waals surface area contributed by atoms with E-state index in [0.717, 1.165) is 26.5 Å². The number of thiazole rings is 1. The summed E-state index contributed by atoms with van der Waals surface area (Å²) in [5.41, 5.74) is 1.46. The number of hydrogen-bond donors (Lipinski definition) is 2. The van der Waals surface area contributed by atoms with Crippen LogP contribution in [0.2, 0.25) is 0 Å². The van der Waals surface area contributed by atoms with Crippen molar-refractivity contribution in [2.75, 3.05) is 12.4 Å². The Balaban J connectivity index is 1.61. The summed E-state index contributed by atoms with van der Waals surface area (Å²) < 4.78 is 6.29. The molecule has 8 nitrogen and oxygen atoms in total. The first kappa shape index (κ1) is 20.5. The third-order valence-corrected chi connectivity index (χ3v) is 5.83. The number of methoxy groups -OCH3 is 1. The minimum atomic E-state index is -0.503. The van der Waals surface area contributed by atoms with Gasteiger partial charge in [-0.25, -0.2) is 9.78 Å². The van der Waals surface area contributed by atoms with Crippen molar-refractivity contribution < 1.29 is 9.53 Å². The molecule has 2 heterocycles. The molecule has 0 radical (unpaired) electrons. The summed E-state index contributed by atoms with van der Waals surface area (Å²) in [6.45, 7) is 3.93. The molecule has 2 N–H and O–H groups in total. The lowest BCUT2D eigenvalue weighted by atomic mass is 10.1. The quantitative estimate of drug-likeness (QED) is 0.499. The molecule has 158 valence electrons. The Kier molecular flexibility index (Phi) is 5.43. The molecule has 0 aliphatic carbocycles. The Morgan fingerprint density at radius 3 is 2.61 bits per heavy atom. The molecule has 0 bridgehead atoms. The number of amides is 1. The first-order valence-corrected chi connectivity index (χ1v) is 10.4. The zero-order valence-electron chi connectivity index (χ0n) is 17.2. The number of aromatic nitrogens is 3. The molecule has 0 aliphatic rings. The number of carbonyl (C=O) groups is 1. The third kappa shape index (κ3) is 3.87. The van der Waals surface area contributed by atoms with E-state index in [2.05, 4.69) is 15.3 Å². The largest absolute Gasteiger partial charge is 0.497 e. The fraction of sp³-hybridized carbons (Fsp3) is 0.182. The number of nitrogens with zero attached hydrogens (tertiary/aromatic N) is 2. The van der Waals surface area contributed by atoms with E-state index in [4.69, 9.17) is 4.74 Å². The maximum Gasteiger partial charge on any atom is 0.328 e. The van der Waals surface area contributed by atoms with Crippen molar-refractivity contribution in [3.05, 3.63) is 73.7 Å². The highest BCUT2D eigenvalue weighted by Gasteiger charge is 2.15. The zero-order valence-corrected chi connectivity index (χ0v) is 18.0. The van der Waals surface area contributed by atoms with Crippen molar-refractivity contribution in [2.45, 2.75) is 20.4 Å². The zero-order chi connectivity index (χ0) is 22.1. The summed E-state index contributed by atoms with van der Waals surface area (Å²) in [7, 11) is 1.61. The SMILES string of the molecule is CCn1c(=O)[nH]c2cc(C(=O)Nc3nc(-c4ccc(OC)cc4)c(C)s3)ccc2c1=O. The Hall–Kier alpha value is -3.72. The van der Waals surface area contributed by atoms with Crippen molar-refractivity contribution in [1.82, 2.24) is 14.5 Å². The molecule has 2 aromatic heterocycles. The smallest absolute Gasteiger partial charge is 0.328 e. The van der Waals surface area contributed by atoms with E-state index < -0.39 is 5.69 Å². The van der Waals surface area contributed by atoms with Gasteiger partial charge in [-0.05, 0) is 56.3 Å². The number of aromatic amines is 1. The van der Waals surface area contributed by atoms with Crippen LogP contribution in [0.25, 0.3) is 22.2 Å². The van der Waals surface area contributed by atoms with Crippen LogP contribution in [0.5, 0.6) is 5.75 Å². The fourth-order valence-electron chi connectivity index (χ4n) is 3.32. The number of benzene rings is 2. The molecule has 0 saturated carbocycles. The summed E-state index contributed by atoms with van der Waals surface area (Å²) in [6, 6.07) is 12.1. The number of aryl methyl sites for hydroxylation is 1. The molecule has 0 unspecified atom stereocenters. The molecule has 0 aliphatic heterocycles. The van der Waals surface area contributed by atoms with Gasteiger partial charge in [0.2, 0.25) is 0 Å². The fourth-order valence-corrected chi connectivity index (χ4v) is 4.15. The van der Waals surface area contributed by atoms with E-state index in [-0.39, 0.29) is 18.0 Å². The van der Waals surface area contributed by atoms with Crippen LogP contribution >= 0.6 is 11.3 Å². The number of ether oxygens (including phenoxy) is 1. The van der Waals surface area contributed by atoms with Crippen LogP contribution in [0, 0.1) is 6.92 Å². The normalized spacial score (nSPS) is 10.9. The molecule has 1 amide bonds. The molecule has 4 rings (SSSR count). The predicted molar refractivity (Wildman–Crippen MR) is 121 cm³/mol. The lowest BCUT2D eigenvalue weighted by Gasteiger charge is -2.06. The Morgan fingerprint density at radius 1 is 1.19 bits per heavy atom. The average molecular weight is 436 g/mol. The van der Waals surface area contributed by atoms with Crippen molar-refractivity contribution in [3.8, 4) is 17.0 Å². The van der Waals surface area contributed by atoms with Gasteiger partial charge in [-0.1, -0.05) is 0 Å². The Bertz CT molecular complexity index is 1400. The first-order valence-electron chi connectivity index (χ1n) is 9.61. The van der Waals surface area contributed by atoms with Crippen LogP contribution in [-0.2, 0) is 6.54 Å². The Labute approximate surface area is 181 Å². The van der Waals surface area contributed by atoms with Gasteiger partial charge in [0, 0.05) is 22.5 Å². The maximum absolute atomic E-state index is 12.8. The van der Waals surface area contributed by atoms with Gasteiger partial charge in [0.15, 0.2) is 5.13 Å². The highest BCUT2D eigenvalue weighted by atomic mass is 32.1. The highest BCUT2D eigenvalue weighted by molar-refractivity contribution is 7.16. The second kappa shape index (κ2) is 8.19. The number of hydrogen-bond acceptors (Lipinski definition) is 6. The lowest BCUT2D eigenvalue weighted by Crippen LogP contribution is -2.34. The van der Waals surface area contributed by atoms with E-state index in [9.17, 15) is 14.4 Å². The van der Waals surface area contributed by atoms with E-state index in [1.165, 1.54) is 17.4 Å². The van der Waals surface area contributed by atoms with Crippen molar-refractivity contribution in [1.29, 1.82) is 0 Å². The second-order valence-corrected chi connectivity index (χ2v) is 8.05. The number of nitrogens with one attached hydrogen (secondary N) is 2. The van der Waals surface area contributed by atoms with Crippen LogP contribution in [0.1, 0.15) is 22.2 Å². The van der Waals surface area contributed by atoms with E-state index >= 15 is 0 Å². The number of H-pyrrole nitrogens is 1. The highest BCUT2D eigenvalue weighted by Crippen LogP contribution is 2.31. The number of fused-ring (bicyclic) bond motifs is 1. The van der Waals surface area contributed by atoms with Gasteiger partial charge in [0.05, 0.1) is 23.7 Å². The van der Waals surface area contributed by atoms with Crippen LogP contribution in [0.15, 0.2) is 52.1 Å². The van der Waals surface area contributed by atoms with Gasteiger partial charge >= 0.3 is 5.69 Å². The minimum absolute atomic E-state index is 0.270. The molecular weight excluding hydrogens is 416 g/mol. The van der Waals surface area contributed by atoms with Gasteiger partial charge in [0.25, 0.3) is 11.5 Å². The maximum atomic E-state index is 12.8. The molecule has 2 aromatic carbocycles. The standard InChI is InChI=1S/C22H20N4O4S/c1-4-26-20(28)16-10-7-14(11-17(16)23-22(26)29)19(27)25-21-24-18(12(2)31-21)13-5-8-15(30-3)9-6-13/h5-11H,4H2,1-3H3,(H,23,29)(H,24,25,27). The average Bonchev–Trinajstić information content (AvgIpc) is 3.13. The summed E-state index contributed by atoms with van der Waals surface area (Å²) in [4.78, 5) is 45.4. The van der Waals surface area contributed by atoms with Crippen LogP contribution < -0.4 is 21.3 Å². The summed E-state index contributed by atoms with van der Waals surface area (Å²) in [6.07, 6.45) is 0. The molecule has 31 heavy (non-hydrogen) atoms. The van der Waals surface area contributed by atoms with Gasteiger partial charge in [-0.3, -0.25) is 19.5 Å². The van der Waals surface area contributed by atoms with E-state index in [1.807, 2.05) is 31.2 Å². The topological polar surface area (TPSA) is 106 Å². The van der Waals surface area contributed by atoms with Crippen LogP contribution in [0.4, 0.5) is 5.13 Å². The first-order chi connectivity index (χ1) is 14.9. The second-order valence-electron chi connectivity index (χ2n) is 6.85. The van der Waals surface area contributed by atoms with E-state index in [1.54, 1.807) is 26.2 Å². The minimum Gasteiger partial charge on any atom is -0.497 e. The molecule has 0 fully saturated rings. The molecule has 0 saturated heterocycles. The molecule has 0 spiro atoms. The number of rotatable bonds is 5. The van der Waals surface area contributed by atoms with E-state index in [0.29, 0.717) is 21.6 Å². The van der Waals surface area contributed by atoms with Crippen molar-refractivity contribution in [2.24, 2.45) is 0 Å². The molecule has 4 aromatic rings. The van der Waals surface area contributed by atoms with Crippen LogP contribution in [-0.4, -0.2) is 27.6 Å². The third-order valence-electron chi connectivity index (χ3n) is 4.94. The summed E-state index contributed by atoms with van der Waals surface area (Å²) >= 11 is 1.37. The van der Waals surface area contributed by atoms with Gasteiger partial charge < -0.3 is 9.72 Å². The summed E-state index contributed by atoms with van der Waals surface area (Å²) in [5, 5.41) is 3.61. The molecule has 9 heteroatoms. The number of carbonyl (C=O) groups excluding carboxylic acids is 1. The number of anilines is 1. The molecular formula is C22H20N4O4S. The monoisotopic (exact) mass is 436 g/mol. The van der Waals surface area contributed by atoms with Gasteiger partial charge in [-0.15, -0.1) is 11.3 Å².